The summed E-state index contributed by atoms with van der Waals surface area (Å²) in [4.78, 5) is 15.2. The van der Waals surface area contributed by atoms with Crippen LogP contribution in [-0.2, 0) is 9.84 Å². The molecule has 1 aromatic rings. The number of amides is 1. The van der Waals surface area contributed by atoms with E-state index in [1.807, 2.05) is 4.90 Å². The van der Waals surface area contributed by atoms with Crippen molar-refractivity contribution in [3.05, 3.63) is 29.8 Å². The molecule has 1 aliphatic heterocycles. The molecule has 136 valence electrons. The van der Waals surface area contributed by atoms with Crippen LogP contribution in [0.15, 0.2) is 29.2 Å². The summed E-state index contributed by atoms with van der Waals surface area (Å²) in [6.07, 6.45) is 9.66. The molecule has 3 fully saturated rings. The Kier molecular flexibility index (Phi) is 4.61. The Bertz CT molecular complexity index is 735. The first-order chi connectivity index (χ1) is 12.1. The Morgan fingerprint density at radius 3 is 2.24 bits per heavy atom. The van der Waals surface area contributed by atoms with Gasteiger partial charge in [0.15, 0.2) is 9.84 Å². The SMILES string of the molecule is O=C(c1ccc(S(=O)(=O)C2CCCC2)cc1)N1C[C@@H]2CCCCC[C@@H]21. The van der Waals surface area contributed by atoms with Gasteiger partial charge in [0.1, 0.15) is 0 Å². The van der Waals surface area contributed by atoms with Gasteiger partial charge in [-0.2, -0.15) is 0 Å². The number of benzene rings is 1. The molecule has 0 unspecified atom stereocenters. The summed E-state index contributed by atoms with van der Waals surface area (Å²) in [5.41, 5.74) is 0.619. The number of carbonyl (C=O) groups is 1. The lowest BCUT2D eigenvalue weighted by Crippen LogP contribution is -2.58. The summed E-state index contributed by atoms with van der Waals surface area (Å²) in [6, 6.07) is 7.07. The molecule has 0 bridgehead atoms. The summed E-state index contributed by atoms with van der Waals surface area (Å²) in [5, 5.41) is -0.240. The number of hydrogen-bond acceptors (Lipinski definition) is 3. The maximum Gasteiger partial charge on any atom is 0.254 e. The minimum absolute atomic E-state index is 0.0629. The van der Waals surface area contributed by atoms with Crippen LogP contribution in [0.5, 0.6) is 0 Å². The van der Waals surface area contributed by atoms with E-state index in [0.29, 0.717) is 22.4 Å². The van der Waals surface area contributed by atoms with E-state index in [2.05, 4.69) is 0 Å². The predicted octanol–water partition coefficient (Wildman–Crippen LogP) is 3.81. The van der Waals surface area contributed by atoms with Crippen LogP contribution in [0.4, 0.5) is 0 Å². The van der Waals surface area contributed by atoms with Crippen LogP contribution in [0.1, 0.15) is 68.1 Å². The van der Waals surface area contributed by atoms with E-state index in [4.69, 9.17) is 0 Å². The highest BCUT2D eigenvalue weighted by molar-refractivity contribution is 7.92. The minimum Gasteiger partial charge on any atom is -0.335 e. The summed E-state index contributed by atoms with van der Waals surface area (Å²) in [6.45, 7) is 0.867. The highest BCUT2D eigenvalue weighted by Crippen LogP contribution is 2.37. The van der Waals surface area contributed by atoms with Gasteiger partial charge in [0, 0.05) is 18.2 Å². The zero-order chi connectivity index (χ0) is 17.4. The molecule has 3 aliphatic rings. The third-order valence-electron chi connectivity index (χ3n) is 6.38. The van der Waals surface area contributed by atoms with Crippen molar-refractivity contribution in [3.63, 3.8) is 0 Å². The normalized spacial score (nSPS) is 27.4. The smallest absolute Gasteiger partial charge is 0.254 e. The van der Waals surface area contributed by atoms with Gasteiger partial charge in [0.2, 0.25) is 0 Å². The van der Waals surface area contributed by atoms with E-state index in [9.17, 15) is 13.2 Å². The number of sulfone groups is 1. The number of nitrogens with zero attached hydrogens (tertiary/aromatic N) is 1. The molecule has 0 spiro atoms. The molecule has 4 nitrogen and oxygen atoms in total. The van der Waals surface area contributed by atoms with Crippen molar-refractivity contribution in [1.29, 1.82) is 0 Å². The molecule has 1 aromatic carbocycles. The second kappa shape index (κ2) is 6.75. The molecule has 0 N–H and O–H groups in total. The summed E-state index contributed by atoms with van der Waals surface area (Å²) >= 11 is 0. The molecule has 0 aromatic heterocycles. The molecule has 25 heavy (non-hydrogen) atoms. The van der Waals surface area contributed by atoms with E-state index >= 15 is 0 Å². The molecule has 1 amide bonds. The molecule has 1 saturated heterocycles. The van der Waals surface area contributed by atoms with Crippen molar-refractivity contribution in [2.45, 2.75) is 74.0 Å². The van der Waals surface area contributed by atoms with E-state index in [1.54, 1.807) is 24.3 Å². The quantitative estimate of drug-likeness (QED) is 0.823. The fraction of sp³-hybridized carbons (Fsp3) is 0.650. The van der Waals surface area contributed by atoms with Gasteiger partial charge in [-0.15, -0.1) is 0 Å². The van der Waals surface area contributed by atoms with Crippen molar-refractivity contribution in [2.75, 3.05) is 6.54 Å². The van der Waals surface area contributed by atoms with Gasteiger partial charge in [-0.05, 0) is 55.9 Å². The summed E-state index contributed by atoms with van der Waals surface area (Å²) in [5.74, 6) is 0.737. The first-order valence-electron chi connectivity index (χ1n) is 9.72. The number of hydrogen-bond donors (Lipinski definition) is 0. The Morgan fingerprint density at radius 1 is 0.880 bits per heavy atom. The van der Waals surface area contributed by atoms with Crippen LogP contribution in [-0.4, -0.2) is 37.1 Å². The lowest BCUT2D eigenvalue weighted by atomic mass is 9.84. The zero-order valence-corrected chi connectivity index (χ0v) is 15.5. The predicted molar refractivity (Wildman–Crippen MR) is 97.3 cm³/mol. The summed E-state index contributed by atoms with van der Waals surface area (Å²) < 4.78 is 25.3. The number of rotatable bonds is 3. The standard InChI is InChI=1S/C20H27NO3S/c22-20(21-14-16-6-2-1-3-9-19(16)21)15-10-12-18(13-11-15)25(23,24)17-7-4-5-8-17/h10-13,16-17,19H,1-9,14H2/t16-,19-/m0/s1. The monoisotopic (exact) mass is 361 g/mol. The fourth-order valence-electron chi connectivity index (χ4n) is 4.82. The molecule has 2 aliphatic carbocycles. The van der Waals surface area contributed by atoms with Gasteiger partial charge in [0.25, 0.3) is 5.91 Å². The van der Waals surface area contributed by atoms with Crippen molar-refractivity contribution in [1.82, 2.24) is 4.90 Å². The summed E-state index contributed by atoms with van der Waals surface area (Å²) in [7, 11) is -3.24. The molecule has 0 radical (unpaired) electrons. The molecule has 2 atom stereocenters. The van der Waals surface area contributed by atoms with Crippen LogP contribution in [0.25, 0.3) is 0 Å². The van der Waals surface area contributed by atoms with Gasteiger partial charge in [-0.3, -0.25) is 4.79 Å². The molecule has 5 heteroatoms. The van der Waals surface area contributed by atoms with Crippen molar-refractivity contribution < 1.29 is 13.2 Å². The highest BCUT2D eigenvalue weighted by atomic mass is 32.2. The van der Waals surface area contributed by atoms with Gasteiger partial charge in [0.05, 0.1) is 10.1 Å². The highest BCUT2D eigenvalue weighted by Gasteiger charge is 2.42. The third-order valence-corrected chi connectivity index (χ3v) is 8.66. The lowest BCUT2D eigenvalue weighted by Gasteiger charge is -2.48. The maximum absolute atomic E-state index is 12.8. The molecule has 2 saturated carbocycles. The molecule has 4 rings (SSSR count). The largest absolute Gasteiger partial charge is 0.335 e. The third kappa shape index (κ3) is 3.12. The number of likely N-dealkylation sites (tertiary alicyclic amines) is 1. The van der Waals surface area contributed by atoms with E-state index < -0.39 is 9.84 Å². The van der Waals surface area contributed by atoms with Crippen molar-refractivity contribution in [2.24, 2.45) is 5.92 Å². The van der Waals surface area contributed by atoms with E-state index in [0.717, 1.165) is 38.6 Å². The maximum atomic E-state index is 12.8. The molecular weight excluding hydrogens is 334 g/mol. The Balaban J connectivity index is 1.48. The van der Waals surface area contributed by atoms with Crippen LogP contribution in [0.3, 0.4) is 0 Å². The average Bonchev–Trinajstić information content (AvgIpc) is 3.09. The minimum atomic E-state index is -3.24. The van der Waals surface area contributed by atoms with Crippen molar-refractivity contribution in [3.8, 4) is 0 Å². The topological polar surface area (TPSA) is 54.5 Å². The first-order valence-corrected chi connectivity index (χ1v) is 11.3. The first kappa shape index (κ1) is 17.1. The van der Waals surface area contributed by atoms with Gasteiger partial charge in [-0.1, -0.05) is 32.1 Å². The van der Waals surface area contributed by atoms with Gasteiger partial charge in [-0.25, -0.2) is 8.42 Å². The van der Waals surface area contributed by atoms with Crippen LogP contribution >= 0.6 is 0 Å². The van der Waals surface area contributed by atoms with Crippen LogP contribution < -0.4 is 0 Å². The Hall–Kier alpha value is -1.36. The molecular formula is C20H27NO3S. The van der Waals surface area contributed by atoms with Gasteiger partial charge < -0.3 is 4.90 Å². The second-order valence-corrected chi connectivity index (χ2v) is 10.1. The Labute approximate surface area is 150 Å². The van der Waals surface area contributed by atoms with Gasteiger partial charge >= 0.3 is 0 Å². The average molecular weight is 362 g/mol. The Morgan fingerprint density at radius 2 is 1.52 bits per heavy atom. The van der Waals surface area contributed by atoms with Crippen LogP contribution in [0.2, 0.25) is 0 Å². The molecule has 1 heterocycles. The lowest BCUT2D eigenvalue weighted by molar-refractivity contribution is 0.0122. The zero-order valence-electron chi connectivity index (χ0n) is 14.7. The van der Waals surface area contributed by atoms with Crippen molar-refractivity contribution >= 4 is 15.7 Å². The fourth-order valence-corrected chi connectivity index (χ4v) is 6.67. The van der Waals surface area contributed by atoms with E-state index in [-0.39, 0.29) is 11.2 Å². The number of carbonyl (C=O) groups excluding carboxylic acids is 1. The number of fused-ring (bicyclic) bond motifs is 1. The van der Waals surface area contributed by atoms with E-state index in [1.165, 1.54) is 25.7 Å². The second-order valence-electron chi connectivity index (χ2n) is 7.90. The van der Waals surface area contributed by atoms with Crippen LogP contribution in [0, 0.1) is 5.92 Å².